The van der Waals surface area contributed by atoms with E-state index in [0.717, 1.165) is 33.7 Å². The Balaban J connectivity index is 2.17. The van der Waals surface area contributed by atoms with Crippen molar-refractivity contribution in [2.45, 2.75) is 33.2 Å². The molecular weight excluding hydrogens is 348 g/mol. The molecule has 0 fully saturated rings. The molecule has 2 aromatic carbocycles. The van der Waals surface area contributed by atoms with Crippen LogP contribution in [0.2, 0.25) is 0 Å². The van der Waals surface area contributed by atoms with Crippen LogP contribution in [0, 0.1) is 13.8 Å². The van der Waals surface area contributed by atoms with Crippen LogP contribution in [0.25, 0.3) is 0 Å². The smallest absolute Gasteiger partial charge is 0.241 e. The van der Waals surface area contributed by atoms with Gasteiger partial charge in [0.15, 0.2) is 0 Å². The highest BCUT2D eigenvalue weighted by Gasteiger charge is 2.22. The lowest BCUT2D eigenvalue weighted by Crippen LogP contribution is -2.41. The highest BCUT2D eigenvalue weighted by molar-refractivity contribution is 7.92. The van der Waals surface area contributed by atoms with Gasteiger partial charge < -0.3 is 5.32 Å². The van der Waals surface area contributed by atoms with Crippen LogP contribution in [0.4, 0.5) is 5.69 Å². The van der Waals surface area contributed by atoms with Crippen molar-refractivity contribution in [1.82, 2.24) is 5.32 Å². The number of benzene rings is 2. The molecule has 0 unspecified atom stereocenters. The second-order valence-electron chi connectivity index (χ2n) is 6.55. The van der Waals surface area contributed by atoms with Crippen molar-refractivity contribution < 1.29 is 13.2 Å². The van der Waals surface area contributed by atoms with Crippen LogP contribution in [0.15, 0.2) is 48.5 Å². The molecule has 2 rings (SSSR count). The minimum atomic E-state index is -3.57. The van der Waals surface area contributed by atoms with E-state index in [4.69, 9.17) is 0 Å². The summed E-state index contributed by atoms with van der Waals surface area (Å²) in [7, 11) is -3.57. The first-order valence-corrected chi connectivity index (χ1v) is 10.5. The van der Waals surface area contributed by atoms with Crippen molar-refractivity contribution in [2.24, 2.45) is 0 Å². The van der Waals surface area contributed by atoms with Crippen molar-refractivity contribution in [3.8, 4) is 0 Å². The van der Waals surface area contributed by atoms with E-state index in [0.29, 0.717) is 5.69 Å². The summed E-state index contributed by atoms with van der Waals surface area (Å²) in [4.78, 5) is 12.6. The summed E-state index contributed by atoms with van der Waals surface area (Å²) in [6.07, 6.45) is 1.83. The van der Waals surface area contributed by atoms with Gasteiger partial charge in [-0.3, -0.25) is 9.10 Å². The lowest BCUT2D eigenvalue weighted by molar-refractivity contribution is -0.120. The van der Waals surface area contributed by atoms with Gasteiger partial charge in [-0.05, 0) is 43.5 Å². The van der Waals surface area contributed by atoms with E-state index in [1.165, 1.54) is 0 Å². The fourth-order valence-electron chi connectivity index (χ4n) is 2.77. The van der Waals surface area contributed by atoms with Crippen LogP contribution in [-0.2, 0) is 14.8 Å². The zero-order valence-electron chi connectivity index (χ0n) is 15.7. The number of carbonyl (C=O) groups is 1. The molecule has 1 atom stereocenters. The number of aryl methyl sites for hydroxylation is 2. The summed E-state index contributed by atoms with van der Waals surface area (Å²) >= 11 is 0. The SMILES string of the molecule is CC[C@@H](NC(=O)CN(c1cccc(C)c1)S(C)(=O)=O)c1ccc(C)cc1. The largest absolute Gasteiger partial charge is 0.348 e. The molecular formula is C20H26N2O3S. The third-order valence-electron chi connectivity index (χ3n) is 4.20. The molecule has 0 aliphatic rings. The molecule has 0 saturated heterocycles. The molecule has 0 aliphatic carbocycles. The van der Waals surface area contributed by atoms with Gasteiger partial charge in [0.05, 0.1) is 18.0 Å². The summed E-state index contributed by atoms with van der Waals surface area (Å²) in [6.45, 7) is 5.63. The highest BCUT2D eigenvalue weighted by atomic mass is 32.2. The molecule has 26 heavy (non-hydrogen) atoms. The standard InChI is InChI=1S/C20H26N2O3S/c1-5-19(17-11-9-15(2)10-12-17)21-20(23)14-22(26(4,24)25)18-8-6-7-16(3)13-18/h6-13,19H,5,14H2,1-4H3,(H,21,23)/t19-/m1/s1. The predicted octanol–water partition coefficient (Wildman–Crippen LogP) is 3.34. The minimum Gasteiger partial charge on any atom is -0.348 e. The molecule has 6 heteroatoms. The highest BCUT2D eigenvalue weighted by Crippen LogP contribution is 2.20. The summed E-state index contributed by atoms with van der Waals surface area (Å²) in [5, 5.41) is 2.94. The van der Waals surface area contributed by atoms with Crippen molar-refractivity contribution in [3.05, 3.63) is 65.2 Å². The van der Waals surface area contributed by atoms with Gasteiger partial charge in [-0.15, -0.1) is 0 Å². The molecule has 0 heterocycles. The number of amides is 1. The van der Waals surface area contributed by atoms with Crippen LogP contribution in [0.3, 0.4) is 0 Å². The van der Waals surface area contributed by atoms with E-state index in [1.54, 1.807) is 18.2 Å². The summed E-state index contributed by atoms with van der Waals surface area (Å²) in [5.74, 6) is -0.329. The van der Waals surface area contributed by atoms with Crippen LogP contribution in [0.1, 0.15) is 36.1 Å². The average molecular weight is 375 g/mol. The van der Waals surface area contributed by atoms with Crippen molar-refractivity contribution >= 4 is 21.6 Å². The normalized spacial score (nSPS) is 12.5. The third kappa shape index (κ3) is 5.33. The van der Waals surface area contributed by atoms with Crippen LogP contribution in [-0.4, -0.2) is 27.1 Å². The number of rotatable bonds is 7. The molecule has 5 nitrogen and oxygen atoms in total. The van der Waals surface area contributed by atoms with Crippen molar-refractivity contribution in [2.75, 3.05) is 17.1 Å². The molecule has 0 spiro atoms. The van der Waals surface area contributed by atoms with Crippen LogP contribution in [0.5, 0.6) is 0 Å². The summed E-state index contributed by atoms with van der Waals surface area (Å²) < 4.78 is 25.5. The first-order valence-electron chi connectivity index (χ1n) is 8.61. The Morgan fingerprint density at radius 3 is 2.27 bits per heavy atom. The van der Waals surface area contributed by atoms with Gasteiger partial charge in [-0.25, -0.2) is 8.42 Å². The molecule has 2 aromatic rings. The monoisotopic (exact) mass is 374 g/mol. The molecule has 0 bridgehead atoms. The fourth-order valence-corrected chi connectivity index (χ4v) is 3.62. The summed E-state index contributed by atoms with van der Waals surface area (Å²) in [6, 6.07) is 14.9. The molecule has 0 radical (unpaired) electrons. The van der Waals surface area contributed by atoms with Gasteiger partial charge in [0.25, 0.3) is 0 Å². The van der Waals surface area contributed by atoms with Crippen LogP contribution >= 0.6 is 0 Å². The van der Waals surface area contributed by atoms with E-state index in [2.05, 4.69) is 5.32 Å². The predicted molar refractivity (Wildman–Crippen MR) is 106 cm³/mol. The lowest BCUT2D eigenvalue weighted by Gasteiger charge is -2.24. The van der Waals surface area contributed by atoms with E-state index in [1.807, 2.05) is 51.1 Å². The van der Waals surface area contributed by atoms with Gasteiger partial charge in [-0.1, -0.05) is 48.9 Å². The lowest BCUT2D eigenvalue weighted by atomic mass is 10.0. The first kappa shape index (κ1) is 20.0. The van der Waals surface area contributed by atoms with Crippen LogP contribution < -0.4 is 9.62 Å². The minimum absolute atomic E-state index is 0.151. The first-order chi connectivity index (χ1) is 12.2. The second-order valence-corrected chi connectivity index (χ2v) is 8.45. The van der Waals surface area contributed by atoms with Gasteiger partial charge in [0.2, 0.25) is 15.9 Å². The Hall–Kier alpha value is -2.34. The Morgan fingerprint density at radius 1 is 1.08 bits per heavy atom. The zero-order valence-corrected chi connectivity index (χ0v) is 16.5. The Bertz CT molecular complexity index is 861. The Labute approximate surface area is 156 Å². The van der Waals surface area contributed by atoms with Gasteiger partial charge in [-0.2, -0.15) is 0 Å². The molecule has 1 amide bonds. The number of carbonyl (C=O) groups excluding carboxylic acids is 1. The number of anilines is 1. The number of nitrogens with one attached hydrogen (secondary N) is 1. The molecule has 1 N–H and O–H groups in total. The number of hydrogen-bond donors (Lipinski definition) is 1. The molecule has 0 saturated carbocycles. The van der Waals surface area contributed by atoms with Gasteiger partial charge in [0, 0.05) is 0 Å². The van der Waals surface area contributed by atoms with E-state index in [9.17, 15) is 13.2 Å². The van der Waals surface area contributed by atoms with Gasteiger partial charge >= 0.3 is 0 Å². The number of sulfonamides is 1. The third-order valence-corrected chi connectivity index (χ3v) is 5.34. The molecule has 0 aromatic heterocycles. The van der Waals surface area contributed by atoms with E-state index in [-0.39, 0.29) is 18.5 Å². The summed E-state index contributed by atoms with van der Waals surface area (Å²) in [5.41, 5.74) is 3.58. The second kappa shape index (κ2) is 8.36. The number of nitrogens with zero attached hydrogens (tertiary/aromatic N) is 1. The van der Waals surface area contributed by atoms with Crippen molar-refractivity contribution in [3.63, 3.8) is 0 Å². The van der Waals surface area contributed by atoms with E-state index >= 15 is 0 Å². The number of hydrogen-bond acceptors (Lipinski definition) is 3. The molecule has 140 valence electrons. The Kier molecular flexibility index (Phi) is 6.42. The quantitative estimate of drug-likeness (QED) is 0.808. The topological polar surface area (TPSA) is 66.5 Å². The van der Waals surface area contributed by atoms with Gasteiger partial charge in [0.1, 0.15) is 6.54 Å². The average Bonchev–Trinajstić information content (AvgIpc) is 2.57. The fraction of sp³-hybridized carbons (Fsp3) is 0.350. The van der Waals surface area contributed by atoms with E-state index < -0.39 is 10.0 Å². The van der Waals surface area contributed by atoms with Crippen molar-refractivity contribution in [1.29, 1.82) is 0 Å². The Morgan fingerprint density at radius 2 is 1.73 bits per heavy atom. The maximum atomic E-state index is 12.6. The zero-order chi connectivity index (χ0) is 19.3. The maximum absolute atomic E-state index is 12.6. The molecule has 0 aliphatic heterocycles. The maximum Gasteiger partial charge on any atom is 0.241 e.